The number of nitrogens with zero attached hydrogens (tertiary/aromatic N) is 4. The van der Waals surface area contributed by atoms with Crippen molar-refractivity contribution in [2.24, 2.45) is 0 Å². The van der Waals surface area contributed by atoms with Crippen molar-refractivity contribution in [2.75, 3.05) is 21.1 Å². The van der Waals surface area contributed by atoms with E-state index in [4.69, 9.17) is 0 Å². The van der Waals surface area contributed by atoms with E-state index in [0.717, 1.165) is 5.56 Å². The number of sulfonamides is 1. The molecule has 1 heterocycles. The van der Waals surface area contributed by atoms with Crippen LogP contribution < -0.4 is 0 Å². The lowest BCUT2D eigenvalue weighted by molar-refractivity contribution is 0.242. The van der Waals surface area contributed by atoms with Crippen LogP contribution in [-0.4, -0.2) is 48.5 Å². The third-order valence-electron chi connectivity index (χ3n) is 3.77. The van der Waals surface area contributed by atoms with Crippen molar-refractivity contribution in [2.45, 2.75) is 32.0 Å². The molecule has 6 nitrogen and oxygen atoms in total. The second-order valence-electron chi connectivity index (χ2n) is 6.07. The van der Waals surface area contributed by atoms with Gasteiger partial charge in [-0.25, -0.2) is 17.1 Å². The monoisotopic (exact) mass is 354 g/mol. The quantitative estimate of drug-likeness (QED) is 0.796. The number of hydrogen-bond donors (Lipinski definition) is 0. The maximum Gasteiger partial charge on any atom is 0.246 e. The van der Waals surface area contributed by atoms with Gasteiger partial charge in [0.05, 0.1) is 18.1 Å². The second kappa shape index (κ2) is 7.00. The predicted molar refractivity (Wildman–Crippen MR) is 90.4 cm³/mol. The summed E-state index contributed by atoms with van der Waals surface area (Å²) in [6, 6.07) is 6.41. The highest BCUT2D eigenvalue weighted by Crippen LogP contribution is 2.22. The smallest absolute Gasteiger partial charge is 0.246 e. The first kappa shape index (κ1) is 18.6. The molecule has 132 valence electrons. The number of halogens is 1. The zero-order chi connectivity index (χ0) is 18.1. The Bertz CT molecular complexity index is 831. The van der Waals surface area contributed by atoms with Crippen molar-refractivity contribution < 1.29 is 12.8 Å². The lowest BCUT2D eigenvalue weighted by Crippen LogP contribution is -2.25. The van der Waals surface area contributed by atoms with E-state index in [-0.39, 0.29) is 10.7 Å². The number of aryl methyl sites for hydroxylation is 1. The van der Waals surface area contributed by atoms with Crippen LogP contribution in [-0.2, 0) is 23.2 Å². The molecule has 24 heavy (non-hydrogen) atoms. The Morgan fingerprint density at radius 3 is 2.46 bits per heavy atom. The summed E-state index contributed by atoms with van der Waals surface area (Å²) >= 11 is 0. The maximum atomic E-state index is 13.3. The van der Waals surface area contributed by atoms with Gasteiger partial charge in [-0.2, -0.15) is 5.10 Å². The van der Waals surface area contributed by atoms with Gasteiger partial charge in [-0.3, -0.25) is 9.58 Å². The average Bonchev–Trinajstić information content (AvgIpc) is 2.73. The summed E-state index contributed by atoms with van der Waals surface area (Å²) in [6.45, 7) is 4.37. The third kappa shape index (κ3) is 3.82. The molecule has 1 aromatic heterocycles. The average molecular weight is 354 g/mol. The van der Waals surface area contributed by atoms with Gasteiger partial charge in [0.25, 0.3) is 0 Å². The Labute approximate surface area is 142 Å². The molecule has 0 aliphatic rings. The standard InChI is InChI=1S/C16H23FN4O2S/c1-12-16(24(22,23)19(3)4)13(2)21(18-12)11-20(5)10-14-7-6-8-15(17)9-14/h6-9H,10-11H2,1-5H3. The highest BCUT2D eigenvalue weighted by Gasteiger charge is 2.26. The van der Waals surface area contributed by atoms with Crippen molar-refractivity contribution in [3.63, 3.8) is 0 Å². The summed E-state index contributed by atoms with van der Waals surface area (Å²) in [5, 5.41) is 4.35. The van der Waals surface area contributed by atoms with Crippen LogP contribution in [0.5, 0.6) is 0 Å². The fourth-order valence-electron chi connectivity index (χ4n) is 2.60. The first-order valence-electron chi connectivity index (χ1n) is 7.52. The van der Waals surface area contributed by atoms with Gasteiger partial charge < -0.3 is 0 Å². The molecule has 8 heteroatoms. The molecule has 0 aliphatic heterocycles. The summed E-state index contributed by atoms with van der Waals surface area (Å²) in [4.78, 5) is 2.19. The molecule has 0 amide bonds. The molecule has 0 saturated carbocycles. The predicted octanol–water partition coefficient (Wildman–Crippen LogP) is 1.98. The van der Waals surface area contributed by atoms with Gasteiger partial charge >= 0.3 is 0 Å². The Morgan fingerprint density at radius 1 is 1.21 bits per heavy atom. The zero-order valence-electron chi connectivity index (χ0n) is 14.6. The van der Waals surface area contributed by atoms with Crippen LogP contribution in [0.25, 0.3) is 0 Å². The van der Waals surface area contributed by atoms with E-state index in [0.29, 0.717) is 24.6 Å². The highest BCUT2D eigenvalue weighted by atomic mass is 32.2. The number of aromatic nitrogens is 2. The van der Waals surface area contributed by atoms with Crippen LogP contribution in [0.1, 0.15) is 17.0 Å². The molecule has 0 aliphatic carbocycles. The normalized spacial score (nSPS) is 12.3. The van der Waals surface area contributed by atoms with Crippen LogP contribution in [0.15, 0.2) is 29.2 Å². The van der Waals surface area contributed by atoms with E-state index in [1.165, 1.54) is 30.5 Å². The van der Waals surface area contributed by atoms with Gasteiger partial charge in [0.1, 0.15) is 10.7 Å². The van der Waals surface area contributed by atoms with Gasteiger partial charge in [-0.1, -0.05) is 12.1 Å². The summed E-state index contributed by atoms with van der Waals surface area (Å²) in [5.74, 6) is -0.272. The number of benzene rings is 1. The molecule has 0 radical (unpaired) electrons. The minimum Gasteiger partial charge on any atom is -0.283 e. The minimum atomic E-state index is -3.54. The molecule has 0 fully saturated rings. The third-order valence-corrected chi connectivity index (χ3v) is 5.84. The van der Waals surface area contributed by atoms with E-state index in [1.807, 2.05) is 18.0 Å². The molecule has 0 spiro atoms. The largest absolute Gasteiger partial charge is 0.283 e. The van der Waals surface area contributed by atoms with Crippen molar-refractivity contribution >= 4 is 10.0 Å². The maximum absolute atomic E-state index is 13.3. The summed E-state index contributed by atoms with van der Waals surface area (Å²) in [7, 11) is 1.34. The second-order valence-corrected chi connectivity index (χ2v) is 8.16. The lowest BCUT2D eigenvalue weighted by atomic mass is 10.2. The molecule has 2 rings (SSSR count). The van der Waals surface area contributed by atoms with Crippen LogP contribution in [0.2, 0.25) is 0 Å². The van der Waals surface area contributed by atoms with Crippen LogP contribution in [0.4, 0.5) is 4.39 Å². The SMILES string of the molecule is Cc1nn(CN(C)Cc2cccc(F)c2)c(C)c1S(=O)(=O)N(C)C. The topological polar surface area (TPSA) is 58.4 Å². The Hall–Kier alpha value is -1.77. The number of hydrogen-bond acceptors (Lipinski definition) is 4. The Kier molecular flexibility index (Phi) is 5.42. The van der Waals surface area contributed by atoms with Crippen LogP contribution in [0, 0.1) is 19.7 Å². The fourth-order valence-corrected chi connectivity index (χ4v) is 3.86. The molecule has 0 N–H and O–H groups in total. The van der Waals surface area contributed by atoms with Crippen LogP contribution >= 0.6 is 0 Å². The van der Waals surface area contributed by atoms with Gasteiger partial charge in [0.15, 0.2) is 0 Å². The molecule has 1 aromatic carbocycles. The molecule has 0 bridgehead atoms. The first-order valence-corrected chi connectivity index (χ1v) is 8.96. The van der Waals surface area contributed by atoms with Crippen LogP contribution in [0.3, 0.4) is 0 Å². The molecule has 0 unspecified atom stereocenters. The van der Waals surface area contributed by atoms with Crippen molar-refractivity contribution in [1.29, 1.82) is 0 Å². The fraction of sp³-hybridized carbons (Fsp3) is 0.438. The lowest BCUT2D eigenvalue weighted by Gasteiger charge is -2.18. The molecule has 0 saturated heterocycles. The van der Waals surface area contributed by atoms with E-state index < -0.39 is 10.0 Å². The molecular weight excluding hydrogens is 331 g/mol. The minimum absolute atomic E-state index is 0.242. The van der Waals surface area contributed by atoms with Gasteiger partial charge in [-0.15, -0.1) is 0 Å². The van der Waals surface area contributed by atoms with E-state index in [9.17, 15) is 12.8 Å². The van der Waals surface area contributed by atoms with E-state index in [1.54, 1.807) is 24.6 Å². The van der Waals surface area contributed by atoms with Crippen molar-refractivity contribution in [1.82, 2.24) is 19.0 Å². The summed E-state index contributed by atoms with van der Waals surface area (Å²) in [6.07, 6.45) is 0. The Balaban J connectivity index is 2.22. The highest BCUT2D eigenvalue weighted by molar-refractivity contribution is 7.89. The van der Waals surface area contributed by atoms with Gasteiger partial charge in [0.2, 0.25) is 10.0 Å². The Morgan fingerprint density at radius 2 is 1.88 bits per heavy atom. The van der Waals surface area contributed by atoms with Crippen molar-refractivity contribution in [3.05, 3.63) is 47.0 Å². The van der Waals surface area contributed by atoms with E-state index >= 15 is 0 Å². The molecular formula is C16H23FN4O2S. The zero-order valence-corrected chi connectivity index (χ0v) is 15.4. The molecule has 2 aromatic rings. The van der Waals surface area contributed by atoms with Gasteiger partial charge in [0, 0.05) is 20.6 Å². The summed E-state index contributed by atoms with van der Waals surface area (Å²) in [5.41, 5.74) is 1.91. The summed E-state index contributed by atoms with van der Waals surface area (Å²) < 4.78 is 40.9. The van der Waals surface area contributed by atoms with Gasteiger partial charge in [-0.05, 0) is 38.6 Å². The number of rotatable bonds is 6. The first-order chi connectivity index (χ1) is 11.1. The van der Waals surface area contributed by atoms with E-state index in [2.05, 4.69) is 5.10 Å². The molecule has 0 atom stereocenters. The van der Waals surface area contributed by atoms with Crippen molar-refractivity contribution in [3.8, 4) is 0 Å².